The van der Waals surface area contributed by atoms with Gasteiger partial charge < -0.3 is 15.9 Å². The van der Waals surface area contributed by atoms with E-state index in [4.69, 9.17) is 15.9 Å². The maximum atomic E-state index is 6.45. The standard InChI is InChI=1S/C20H24N4OS/c1-4-14(16(21)5-2)12(3)15-11-26-18(17(15)22)20-24-23-19(25-20)13-9-7-6-8-10-13/h6-10H,4-5,11,21-22H2,1-3H3/b15-12+,16-14-. The molecule has 6 heteroatoms. The van der Waals surface area contributed by atoms with Crippen LogP contribution in [0.25, 0.3) is 16.4 Å². The molecule has 1 aromatic carbocycles. The Morgan fingerprint density at radius 1 is 1.12 bits per heavy atom. The first-order chi connectivity index (χ1) is 12.6. The van der Waals surface area contributed by atoms with E-state index in [-0.39, 0.29) is 0 Å². The largest absolute Gasteiger partial charge is 0.415 e. The van der Waals surface area contributed by atoms with E-state index in [1.807, 2.05) is 30.3 Å². The van der Waals surface area contributed by atoms with Crippen molar-refractivity contribution in [1.29, 1.82) is 0 Å². The Morgan fingerprint density at radius 3 is 2.46 bits per heavy atom. The van der Waals surface area contributed by atoms with Gasteiger partial charge in [-0.2, -0.15) is 0 Å². The van der Waals surface area contributed by atoms with Crippen LogP contribution in [-0.2, 0) is 0 Å². The van der Waals surface area contributed by atoms with Crippen LogP contribution in [0, 0.1) is 0 Å². The second-order valence-corrected chi connectivity index (χ2v) is 7.11. The summed E-state index contributed by atoms with van der Waals surface area (Å²) in [6, 6.07) is 9.72. The SMILES string of the molecule is CC/C(N)=C(CC)/C(C)=C1\CSC(c2nnc(-c3ccccc3)o2)=C1N. The number of thioether (sulfide) groups is 1. The van der Waals surface area contributed by atoms with Crippen LogP contribution >= 0.6 is 11.8 Å². The predicted molar refractivity (Wildman–Crippen MR) is 108 cm³/mol. The fraction of sp³-hybridized carbons (Fsp3) is 0.300. The van der Waals surface area contributed by atoms with Gasteiger partial charge in [0.25, 0.3) is 5.89 Å². The van der Waals surface area contributed by atoms with Gasteiger partial charge in [0.15, 0.2) is 0 Å². The molecule has 0 unspecified atom stereocenters. The van der Waals surface area contributed by atoms with Crippen molar-refractivity contribution in [2.24, 2.45) is 11.5 Å². The van der Waals surface area contributed by atoms with Crippen molar-refractivity contribution in [1.82, 2.24) is 10.2 Å². The van der Waals surface area contributed by atoms with E-state index in [1.165, 1.54) is 5.57 Å². The van der Waals surface area contributed by atoms with E-state index in [0.29, 0.717) is 17.5 Å². The molecule has 0 spiro atoms. The lowest BCUT2D eigenvalue weighted by Crippen LogP contribution is -2.07. The van der Waals surface area contributed by atoms with E-state index in [9.17, 15) is 0 Å². The minimum Gasteiger partial charge on any atom is -0.415 e. The van der Waals surface area contributed by atoms with Crippen molar-refractivity contribution in [3.8, 4) is 11.5 Å². The molecule has 2 aromatic rings. The molecule has 2 heterocycles. The average molecular weight is 369 g/mol. The number of hydrogen-bond donors (Lipinski definition) is 2. The summed E-state index contributed by atoms with van der Waals surface area (Å²) in [6.45, 7) is 6.28. The average Bonchev–Trinajstić information content (AvgIpc) is 3.29. The van der Waals surface area contributed by atoms with Crippen LogP contribution in [-0.4, -0.2) is 16.0 Å². The monoisotopic (exact) mass is 368 g/mol. The van der Waals surface area contributed by atoms with E-state index >= 15 is 0 Å². The summed E-state index contributed by atoms with van der Waals surface area (Å²) in [5.41, 5.74) is 18.6. The maximum absolute atomic E-state index is 6.45. The van der Waals surface area contributed by atoms with E-state index in [0.717, 1.165) is 45.9 Å². The van der Waals surface area contributed by atoms with Gasteiger partial charge in [0.2, 0.25) is 5.89 Å². The van der Waals surface area contributed by atoms with Gasteiger partial charge >= 0.3 is 0 Å². The third-order valence-corrected chi connectivity index (χ3v) is 5.71. The minimum atomic E-state index is 0.472. The van der Waals surface area contributed by atoms with Crippen molar-refractivity contribution < 1.29 is 4.42 Å². The second-order valence-electron chi connectivity index (χ2n) is 6.12. The quantitative estimate of drug-likeness (QED) is 0.809. The van der Waals surface area contributed by atoms with Crippen molar-refractivity contribution in [2.75, 3.05) is 5.75 Å². The fourth-order valence-electron chi connectivity index (χ4n) is 3.07. The summed E-state index contributed by atoms with van der Waals surface area (Å²) in [4.78, 5) is 0.847. The molecule has 1 aliphatic rings. The smallest absolute Gasteiger partial charge is 0.256 e. The number of benzene rings is 1. The fourth-order valence-corrected chi connectivity index (χ4v) is 4.21. The van der Waals surface area contributed by atoms with Crippen molar-refractivity contribution in [2.45, 2.75) is 33.6 Å². The van der Waals surface area contributed by atoms with Crippen molar-refractivity contribution >= 4 is 16.7 Å². The highest BCUT2D eigenvalue weighted by Crippen LogP contribution is 2.42. The van der Waals surface area contributed by atoms with Crippen molar-refractivity contribution in [3.63, 3.8) is 0 Å². The molecule has 0 saturated heterocycles. The van der Waals surface area contributed by atoms with Crippen LogP contribution in [0.4, 0.5) is 0 Å². The molecular weight excluding hydrogens is 344 g/mol. The minimum absolute atomic E-state index is 0.472. The second kappa shape index (κ2) is 7.83. The predicted octanol–water partition coefficient (Wildman–Crippen LogP) is 4.46. The van der Waals surface area contributed by atoms with E-state index in [1.54, 1.807) is 11.8 Å². The highest BCUT2D eigenvalue weighted by molar-refractivity contribution is 8.08. The first-order valence-electron chi connectivity index (χ1n) is 8.76. The molecular formula is C20H24N4OS. The molecule has 1 aliphatic heterocycles. The van der Waals surface area contributed by atoms with Gasteiger partial charge in [0.05, 0.1) is 10.6 Å². The molecule has 4 N–H and O–H groups in total. The van der Waals surface area contributed by atoms with Gasteiger partial charge in [-0.25, -0.2) is 0 Å². The number of allylic oxidation sites excluding steroid dienone is 4. The van der Waals surface area contributed by atoms with Gasteiger partial charge in [-0.3, -0.25) is 0 Å². The lowest BCUT2D eigenvalue weighted by molar-refractivity contribution is 0.556. The van der Waals surface area contributed by atoms with Crippen molar-refractivity contribution in [3.05, 3.63) is 64.3 Å². The zero-order valence-electron chi connectivity index (χ0n) is 15.4. The summed E-state index contributed by atoms with van der Waals surface area (Å²) in [5, 5.41) is 8.36. The Bertz CT molecular complexity index is 894. The van der Waals surface area contributed by atoms with Gasteiger partial charge in [-0.05, 0) is 48.6 Å². The first-order valence-corrected chi connectivity index (χ1v) is 9.75. The molecule has 0 amide bonds. The summed E-state index contributed by atoms with van der Waals surface area (Å²) in [5.74, 6) is 1.76. The topological polar surface area (TPSA) is 91.0 Å². The summed E-state index contributed by atoms with van der Waals surface area (Å²) < 4.78 is 5.87. The van der Waals surface area contributed by atoms with Gasteiger partial charge in [-0.1, -0.05) is 32.0 Å². The molecule has 0 fully saturated rings. The molecule has 26 heavy (non-hydrogen) atoms. The summed E-state index contributed by atoms with van der Waals surface area (Å²) in [7, 11) is 0. The molecule has 136 valence electrons. The lowest BCUT2D eigenvalue weighted by atomic mass is 9.96. The van der Waals surface area contributed by atoms with Gasteiger partial charge in [-0.15, -0.1) is 22.0 Å². The number of nitrogens with zero attached hydrogens (tertiary/aromatic N) is 2. The van der Waals surface area contributed by atoms with E-state index in [2.05, 4.69) is 31.0 Å². The zero-order chi connectivity index (χ0) is 18.7. The number of nitrogens with two attached hydrogens (primary N) is 2. The molecule has 0 radical (unpaired) electrons. The van der Waals surface area contributed by atoms with Gasteiger partial charge in [0.1, 0.15) is 0 Å². The Hall–Kier alpha value is -2.47. The van der Waals surface area contributed by atoms with Crippen LogP contribution < -0.4 is 11.5 Å². The summed E-state index contributed by atoms with van der Waals surface area (Å²) >= 11 is 1.63. The van der Waals surface area contributed by atoms with Crippen LogP contribution in [0.2, 0.25) is 0 Å². The Labute approximate surface area is 158 Å². The number of aromatic nitrogens is 2. The Balaban J connectivity index is 1.98. The maximum Gasteiger partial charge on any atom is 0.256 e. The van der Waals surface area contributed by atoms with E-state index < -0.39 is 0 Å². The summed E-state index contributed by atoms with van der Waals surface area (Å²) in [6.07, 6.45) is 1.72. The highest BCUT2D eigenvalue weighted by atomic mass is 32.2. The molecule has 0 atom stereocenters. The Kier molecular flexibility index (Phi) is 5.52. The van der Waals surface area contributed by atoms with Crippen LogP contribution in [0.5, 0.6) is 0 Å². The van der Waals surface area contributed by atoms with Crippen LogP contribution in [0.3, 0.4) is 0 Å². The normalized spacial score (nSPS) is 17.5. The molecule has 0 bridgehead atoms. The lowest BCUT2D eigenvalue weighted by Gasteiger charge is -2.13. The molecule has 0 aliphatic carbocycles. The first kappa shape index (κ1) is 18.3. The molecule has 5 nitrogen and oxygen atoms in total. The van der Waals surface area contributed by atoms with Crippen LogP contribution in [0.1, 0.15) is 39.5 Å². The zero-order valence-corrected chi connectivity index (χ0v) is 16.2. The molecule has 3 rings (SSSR count). The number of hydrogen-bond acceptors (Lipinski definition) is 6. The highest BCUT2D eigenvalue weighted by Gasteiger charge is 2.26. The number of rotatable bonds is 5. The Morgan fingerprint density at radius 2 is 1.81 bits per heavy atom. The molecule has 1 aromatic heterocycles. The van der Waals surface area contributed by atoms with Gasteiger partial charge in [0, 0.05) is 17.0 Å². The van der Waals surface area contributed by atoms with Crippen LogP contribution in [0.15, 0.2) is 62.9 Å². The third-order valence-electron chi connectivity index (χ3n) is 4.60. The third kappa shape index (κ3) is 3.42. The molecule has 0 saturated carbocycles.